The molecule has 0 fully saturated rings. The van der Waals surface area contributed by atoms with Crippen LogP contribution in [0.4, 0.5) is 0 Å². The number of aliphatic imine (C=N–C) groups is 4. The average Bonchev–Trinajstić information content (AvgIpc) is 2.34. The summed E-state index contributed by atoms with van der Waals surface area (Å²) in [5.41, 5.74) is 5.51. The fourth-order valence-electron chi connectivity index (χ4n) is 0.795. The summed E-state index contributed by atoms with van der Waals surface area (Å²) >= 11 is 0. The first-order valence-corrected chi connectivity index (χ1v) is 2.87. The summed E-state index contributed by atoms with van der Waals surface area (Å²) < 4.78 is 0. The Bertz CT molecular complexity index is 313. The monoisotopic (exact) mass is 150 g/mol. The lowest BCUT2D eigenvalue weighted by Gasteiger charge is -2.07. The second-order valence-corrected chi connectivity index (χ2v) is 1.95. The number of rotatable bonds is 0. The highest BCUT2D eigenvalue weighted by molar-refractivity contribution is 6.69. The van der Waals surface area contributed by atoms with Crippen molar-refractivity contribution in [3.8, 4) is 0 Å². The molecule has 2 aliphatic heterocycles. The lowest BCUT2D eigenvalue weighted by atomic mass is 10.3. The molecule has 0 bridgehead atoms. The third-order valence-corrected chi connectivity index (χ3v) is 1.23. The molecule has 2 rings (SSSR count). The molecule has 0 aromatic rings. The Morgan fingerprint density at radius 3 is 3.00 bits per heavy atom. The lowest BCUT2D eigenvalue weighted by Crippen LogP contribution is -2.27. The first-order valence-electron chi connectivity index (χ1n) is 2.87. The highest BCUT2D eigenvalue weighted by atomic mass is 16.3. The molecular weight excluding hydrogens is 146 g/mol. The molecule has 0 unspecified atom stereocenters. The molecule has 0 aromatic heterocycles. The van der Waals surface area contributed by atoms with Gasteiger partial charge in [0.2, 0.25) is 5.90 Å². The topological polar surface area (TPSA) is 95.7 Å². The summed E-state index contributed by atoms with van der Waals surface area (Å²) in [5.74, 6) is 0.0833. The van der Waals surface area contributed by atoms with Gasteiger partial charge in [-0.05, 0) is 0 Å². The van der Waals surface area contributed by atoms with E-state index in [1.165, 1.54) is 6.34 Å². The van der Waals surface area contributed by atoms with E-state index in [2.05, 4.69) is 20.0 Å². The Hall–Kier alpha value is -1.56. The predicted molar refractivity (Wildman–Crippen MR) is 40.9 cm³/mol. The van der Waals surface area contributed by atoms with Gasteiger partial charge in [0, 0.05) is 0 Å². The van der Waals surface area contributed by atoms with Crippen LogP contribution in [0.15, 0.2) is 20.0 Å². The highest BCUT2D eigenvalue weighted by Crippen LogP contribution is 2.08. The molecule has 0 aliphatic carbocycles. The Labute approximate surface area is 61.9 Å². The van der Waals surface area contributed by atoms with Crippen LogP contribution < -0.4 is 5.73 Å². The quantitative estimate of drug-likeness (QED) is 0.474. The van der Waals surface area contributed by atoms with Gasteiger partial charge in [0.25, 0.3) is 6.29 Å². The van der Waals surface area contributed by atoms with Gasteiger partial charge in [-0.25, -0.2) is 15.0 Å². The van der Waals surface area contributed by atoms with E-state index in [0.717, 1.165) is 0 Å². The molecule has 6 heteroatoms. The van der Waals surface area contributed by atoms with Crippen LogP contribution in [-0.4, -0.2) is 28.9 Å². The maximum atomic E-state index is 9.11. The molecule has 0 saturated carbocycles. The van der Waals surface area contributed by atoms with Crippen molar-refractivity contribution < 1.29 is 5.11 Å². The van der Waals surface area contributed by atoms with E-state index in [0.29, 0.717) is 5.84 Å². The molecular formula is C5H4N5O. The minimum atomic E-state index is -0.231. The van der Waals surface area contributed by atoms with Crippen LogP contribution in [0.3, 0.4) is 0 Å². The average molecular weight is 150 g/mol. The van der Waals surface area contributed by atoms with E-state index in [1.807, 2.05) is 0 Å². The summed E-state index contributed by atoms with van der Waals surface area (Å²) in [4.78, 5) is 14.7. The van der Waals surface area contributed by atoms with Gasteiger partial charge in [-0.2, -0.15) is 4.99 Å². The predicted octanol–water partition coefficient (Wildman–Crippen LogP) is -0.756. The number of fused-ring (bicyclic) bond motifs is 1. The third kappa shape index (κ3) is 0.838. The van der Waals surface area contributed by atoms with Crippen molar-refractivity contribution in [1.29, 1.82) is 0 Å². The molecule has 0 saturated heterocycles. The number of amidine groups is 1. The molecule has 0 amide bonds. The van der Waals surface area contributed by atoms with Crippen molar-refractivity contribution in [1.82, 2.24) is 0 Å². The lowest BCUT2D eigenvalue weighted by molar-refractivity contribution is 0.558. The van der Waals surface area contributed by atoms with Crippen molar-refractivity contribution in [3.63, 3.8) is 0 Å². The van der Waals surface area contributed by atoms with E-state index in [1.54, 1.807) is 0 Å². The molecule has 0 atom stereocenters. The molecule has 0 spiro atoms. The van der Waals surface area contributed by atoms with Crippen LogP contribution in [0.2, 0.25) is 0 Å². The normalized spacial score (nSPS) is 22.5. The summed E-state index contributed by atoms with van der Waals surface area (Å²) in [6, 6.07) is 0. The van der Waals surface area contributed by atoms with Crippen molar-refractivity contribution in [3.05, 3.63) is 6.29 Å². The maximum Gasteiger partial charge on any atom is 0.268 e. The second-order valence-electron chi connectivity index (χ2n) is 1.95. The maximum absolute atomic E-state index is 9.11. The molecule has 2 heterocycles. The van der Waals surface area contributed by atoms with E-state index in [-0.39, 0.29) is 17.9 Å². The molecule has 0 aromatic carbocycles. The van der Waals surface area contributed by atoms with Gasteiger partial charge >= 0.3 is 0 Å². The van der Waals surface area contributed by atoms with E-state index in [4.69, 9.17) is 10.8 Å². The van der Waals surface area contributed by atoms with Crippen LogP contribution in [0.25, 0.3) is 0 Å². The van der Waals surface area contributed by atoms with Crippen molar-refractivity contribution in [2.24, 2.45) is 25.7 Å². The van der Waals surface area contributed by atoms with Crippen LogP contribution in [0, 0.1) is 6.29 Å². The number of hydrogen-bond acceptors (Lipinski definition) is 5. The molecule has 3 N–H and O–H groups in total. The minimum Gasteiger partial charge on any atom is -0.492 e. The Balaban J connectivity index is 2.46. The largest absolute Gasteiger partial charge is 0.492 e. The van der Waals surface area contributed by atoms with Crippen molar-refractivity contribution >= 4 is 23.8 Å². The number of nitrogens with zero attached hydrogens (tertiary/aromatic N) is 4. The number of aliphatic hydroxyl groups is 1. The SMILES string of the molecule is N[C]1N=C(O)C2=NC=NC2=N1. The van der Waals surface area contributed by atoms with Gasteiger partial charge in [-0.1, -0.05) is 0 Å². The van der Waals surface area contributed by atoms with Gasteiger partial charge in [0.15, 0.2) is 11.5 Å². The van der Waals surface area contributed by atoms with Crippen LogP contribution in [0.1, 0.15) is 0 Å². The zero-order valence-corrected chi connectivity index (χ0v) is 5.39. The zero-order valence-electron chi connectivity index (χ0n) is 5.39. The fourth-order valence-corrected chi connectivity index (χ4v) is 0.795. The van der Waals surface area contributed by atoms with E-state index >= 15 is 0 Å². The standard InChI is InChI=1S/C5H4N5O/c6-5-9-3-2(4(11)10-5)7-1-8-3/h1H,6H2,(H,10,11). The first-order chi connectivity index (χ1) is 5.27. The first kappa shape index (κ1) is 6.17. The third-order valence-electron chi connectivity index (χ3n) is 1.23. The zero-order chi connectivity index (χ0) is 7.84. The van der Waals surface area contributed by atoms with Gasteiger partial charge in [0.1, 0.15) is 6.34 Å². The fraction of sp³-hybridized carbons (Fsp3) is 0. The van der Waals surface area contributed by atoms with Gasteiger partial charge in [-0.3, -0.25) is 5.73 Å². The molecule has 11 heavy (non-hydrogen) atoms. The highest BCUT2D eigenvalue weighted by Gasteiger charge is 2.24. The smallest absolute Gasteiger partial charge is 0.268 e. The summed E-state index contributed by atoms with van der Waals surface area (Å²) in [5, 5.41) is 9.11. The second kappa shape index (κ2) is 1.96. The summed E-state index contributed by atoms with van der Waals surface area (Å²) in [7, 11) is 0. The van der Waals surface area contributed by atoms with E-state index in [9.17, 15) is 0 Å². The summed E-state index contributed by atoms with van der Waals surface area (Å²) in [6.45, 7) is 0. The number of nitrogens with two attached hydrogens (primary N) is 1. The Morgan fingerprint density at radius 2 is 2.18 bits per heavy atom. The molecule has 2 aliphatic rings. The molecule has 6 nitrogen and oxygen atoms in total. The van der Waals surface area contributed by atoms with Crippen LogP contribution in [-0.2, 0) is 0 Å². The number of aliphatic hydroxyl groups excluding tert-OH is 1. The molecule has 55 valence electrons. The Morgan fingerprint density at radius 1 is 1.36 bits per heavy atom. The van der Waals surface area contributed by atoms with Crippen molar-refractivity contribution in [2.75, 3.05) is 0 Å². The Kier molecular flexibility index (Phi) is 1.10. The summed E-state index contributed by atoms with van der Waals surface area (Å²) in [6.07, 6.45) is 1.29. The van der Waals surface area contributed by atoms with Gasteiger partial charge < -0.3 is 5.11 Å². The van der Waals surface area contributed by atoms with Crippen molar-refractivity contribution in [2.45, 2.75) is 0 Å². The van der Waals surface area contributed by atoms with E-state index < -0.39 is 0 Å². The molecule has 1 radical (unpaired) electrons. The van der Waals surface area contributed by atoms with Gasteiger partial charge in [-0.15, -0.1) is 0 Å². The van der Waals surface area contributed by atoms with Crippen LogP contribution in [0.5, 0.6) is 0 Å². The minimum absolute atomic E-state index is 0.00417. The van der Waals surface area contributed by atoms with Crippen LogP contribution >= 0.6 is 0 Å². The van der Waals surface area contributed by atoms with Gasteiger partial charge in [0.05, 0.1) is 0 Å². The number of hydrogen-bond donors (Lipinski definition) is 2.